The molecule has 8 aliphatic rings. The minimum atomic E-state index is -0.514. The van der Waals surface area contributed by atoms with Gasteiger partial charge in [-0.3, -0.25) is 4.58 Å². The lowest BCUT2D eigenvalue weighted by molar-refractivity contribution is -0.866. The zero-order valence-electron chi connectivity index (χ0n) is 26.4. The Kier molecular flexibility index (Phi) is 3.67. The Morgan fingerprint density at radius 3 is 2.04 bits per heavy atom. The van der Waals surface area contributed by atoms with Crippen LogP contribution < -0.4 is 4.57 Å². The molecule has 222 valence electrons. The maximum atomic E-state index is 4.93. The van der Waals surface area contributed by atoms with Crippen LogP contribution in [0.3, 0.4) is 0 Å². The third-order valence-electron chi connectivity index (χ3n) is 13.7. The largest absolute Gasteiger partial charge is 0.385 e. The van der Waals surface area contributed by atoms with Crippen molar-refractivity contribution in [3.63, 3.8) is 0 Å². The molecule has 0 saturated carbocycles. The van der Waals surface area contributed by atoms with Gasteiger partial charge in [-0.1, -0.05) is 84.9 Å². The maximum Gasteiger partial charge on any atom is 0.385 e. The second kappa shape index (κ2) is 7.37. The number of nitrogens with zero attached hydrogens (tertiary/aromatic N) is 2. The number of rotatable bonds is 0. The molecule has 5 aliphatic carbocycles. The Bertz CT molecular complexity index is 2710. The van der Waals surface area contributed by atoms with Crippen LogP contribution in [0.2, 0.25) is 0 Å². The first-order valence-electron chi connectivity index (χ1n) is 17.7. The summed E-state index contributed by atoms with van der Waals surface area (Å²) in [5, 5.41) is 0. The monoisotopic (exact) mass is 609 g/mol. The molecule has 0 fully saturated rings. The normalized spacial score (nSPS) is 24.8. The summed E-state index contributed by atoms with van der Waals surface area (Å²) in [5.74, 6) is 0.550. The summed E-state index contributed by atoms with van der Waals surface area (Å²) in [7, 11) is 0. The van der Waals surface area contributed by atoms with Crippen LogP contribution in [0.4, 0.5) is 0 Å². The Balaban J connectivity index is 1.25. The predicted molar refractivity (Wildman–Crippen MR) is 184 cm³/mol. The molecule has 0 amide bonds. The highest BCUT2D eigenvalue weighted by Gasteiger charge is 2.72. The number of aromatic nitrogens is 1. The summed E-state index contributed by atoms with van der Waals surface area (Å²) >= 11 is 0. The molecule has 48 heavy (non-hydrogen) atoms. The molecule has 1 spiro atoms. The van der Waals surface area contributed by atoms with Crippen molar-refractivity contribution in [2.45, 2.75) is 49.1 Å². The van der Waals surface area contributed by atoms with E-state index in [4.69, 9.17) is 6.58 Å². The SMILES string of the molecule is C=C1c2ccc3c4[n+]2C25c6c(ccc7c6C4c4c(cccc4C3)C7)C3c4ccccc4Cc4cc6c(c2c43)C([C-]=[N+]15)c1ccccc1C6. The number of benzene rings is 5. The topological polar surface area (TPSA) is 6.89 Å². The van der Waals surface area contributed by atoms with Crippen LogP contribution in [0, 0.1) is 0 Å². The van der Waals surface area contributed by atoms with E-state index in [1.165, 1.54) is 83.7 Å². The summed E-state index contributed by atoms with van der Waals surface area (Å²) in [6, 6.07) is 38.1. The lowest BCUT2D eigenvalue weighted by Gasteiger charge is -2.50. The van der Waals surface area contributed by atoms with Crippen LogP contribution in [0.5, 0.6) is 0 Å². The number of hydrogen-bond donors (Lipinski definition) is 0. The van der Waals surface area contributed by atoms with Gasteiger partial charge in [-0.15, -0.1) is 11.1 Å². The van der Waals surface area contributed by atoms with E-state index in [-0.39, 0.29) is 17.8 Å². The highest BCUT2D eigenvalue weighted by molar-refractivity contribution is 5.84. The van der Waals surface area contributed by atoms with Gasteiger partial charge in [0.2, 0.25) is 11.4 Å². The molecule has 0 saturated heterocycles. The van der Waals surface area contributed by atoms with Crippen LogP contribution in [0.1, 0.15) is 124 Å². The van der Waals surface area contributed by atoms with E-state index in [9.17, 15) is 0 Å². The molecule has 3 aliphatic heterocycles. The highest BCUT2D eigenvalue weighted by atomic mass is 15.4. The number of hydrogen-bond acceptors (Lipinski definition) is 0. The maximum absolute atomic E-state index is 4.93. The van der Waals surface area contributed by atoms with Crippen molar-refractivity contribution < 1.29 is 9.14 Å². The minimum Gasteiger partial charge on any atom is -0.287 e. The van der Waals surface area contributed by atoms with Crippen molar-refractivity contribution in [2.24, 2.45) is 0 Å². The molecule has 0 radical (unpaired) electrons. The molecule has 0 bridgehead atoms. The van der Waals surface area contributed by atoms with E-state index < -0.39 is 5.66 Å². The molecule has 4 heterocycles. The average molecular weight is 610 g/mol. The van der Waals surface area contributed by atoms with E-state index in [0.29, 0.717) is 0 Å². The van der Waals surface area contributed by atoms with Crippen LogP contribution in [0.15, 0.2) is 104 Å². The summed E-state index contributed by atoms with van der Waals surface area (Å²) < 4.78 is 5.37. The van der Waals surface area contributed by atoms with Gasteiger partial charge in [-0.05, 0) is 109 Å². The van der Waals surface area contributed by atoms with Gasteiger partial charge in [-0.2, -0.15) is 0 Å². The van der Waals surface area contributed by atoms with E-state index in [2.05, 4.69) is 112 Å². The first-order chi connectivity index (χ1) is 23.7. The Hall–Kier alpha value is -5.34. The quantitative estimate of drug-likeness (QED) is 0.125. The van der Waals surface area contributed by atoms with Gasteiger partial charge in [0.05, 0.1) is 5.92 Å². The Morgan fingerprint density at radius 1 is 0.542 bits per heavy atom. The fourth-order valence-electron chi connectivity index (χ4n) is 12.2. The summed E-state index contributed by atoms with van der Waals surface area (Å²) in [6.45, 7) is 4.93. The van der Waals surface area contributed by atoms with Gasteiger partial charge in [0.15, 0.2) is 0 Å². The van der Waals surface area contributed by atoms with E-state index in [1.54, 1.807) is 22.3 Å². The third-order valence-corrected chi connectivity index (χ3v) is 13.7. The first-order valence-corrected chi connectivity index (χ1v) is 17.7. The van der Waals surface area contributed by atoms with Crippen molar-refractivity contribution in [1.29, 1.82) is 0 Å². The van der Waals surface area contributed by atoms with E-state index in [0.717, 1.165) is 31.4 Å². The highest BCUT2D eigenvalue weighted by Crippen LogP contribution is 2.65. The van der Waals surface area contributed by atoms with Gasteiger partial charge in [0, 0.05) is 30.0 Å². The van der Waals surface area contributed by atoms with E-state index >= 15 is 0 Å². The summed E-state index contributed by atoms with van der Waals surface area (Å²) in [6.07, 6.45) is 8.21. The predicted octanol–water partition coefficient (Wildman–Crippen LogP) is 7.42. The minimum absolute atomic E-state index is 0.0855. The van der Waals surface area contributed by atoms with Crippen LogP contribution in [-0.2, 0) is 31.3 Å². The first kappa shape index (κ1) is 23.9. The van der Waals surface area contributed by atoms with Crippen molar-refractivity contribution in [3.8, 4) is 0 Å². The molecular weight excluding hydrogens is 581 g/mol. The fraction of sp³-hybridized carbons (Fsp3) is 0.174. The standard InChI is InChI=1S/C46H29N2/c1-23-36-16-14-29-20-27-10-6-9-26-19-28-13-15-34-41-33-12-5-3-8-25(33)18-31-21-30-17-24-7-2-4-11-32(24)35-22-47(23)46(44(38(30)35)40(31)41)43(34)39(28)42(37(26)27)45(29)48(36)46/h2-16,21,35,41-42H,1,17-20H2/q+1. The third kappa shape index (κ3) is 2.25. The molecule has 2 nitrogen and oxygen atoms in total. The number of fused-ring (bicyclic) bond motifs is 5. The molecule has 5 aromatic carbocycles. The van der Waals surface area contributed by atoms with Crippen LogP contribution in [-0.4, -0.2) is 10.8 Å². The lowest BCUT2D eigenvalue weighted by Crippen LogP contribution is -2.69. The smallest absolute Gasteiger partial charge is 0.287 e. The van der Waals surface area contributed by atoms with Crippen molar-refractivity contribution in [3.05, 3.63) is 210 Å². The Morgan fingerprint density at radius 2 is 1.19 bits per heavy atom. The fourth-order valence-corrected chi connectivity index (χ4v) is 12.2. The van der Waals surface area contributed by atoms with Crippen LogP contribution >= 0.6 is 0 Å². The van der Waals surface area contributed by atoms with Gasteiger partial charge in [0.1, 0.15) is 16.8 Å². The molecule has 2 heteroatoms. The van der Waals surface area contributed by atoms with Gasteiger partial charge in [0.25, 0.3) is 0 Å². The van der Waals surface area contributed by atoms with Crippen LogP contribution in [0.25, 0.3) is 5.70 Å². The second-order valence-electron chi connectivity index (χ2n) is 15.4. The van der Waals surface area contributed by atoms with E-state index in [1.807, 2.05) is 0 Å². The summed E-state index contributed by atoms with van der Waals surface area (Å²) in [5.41, 5.74) is 29.0. The molecule has 6 aromatic rings. The van der Waals surface area contributed by atoms with Gasteiger partial charge >= 0.3 is 5.66 Å². The molecular formula is C46H29N2+. The molecule has 1 aromatic heterocycles. The summed E-state index contributed by atoms with van der Waals surface area (Å²) in [4.78, 5) is 0. The molecule has 4 unspecified atom stereocenters. The van der Waals surface area contributed by atoms with Gasteiger partial charge < -0.3 is 0 Å². The Labute approximate surface area is 279 Å². The van der Waals surface area contributed by atoms with Crippen molar-refractivity contribution in [2.75, 3.05) is 0 Å². The lowest BCUT2D eigenvalue weighted by atomic mass is 9.55. The zero-order chi connectivity index (χ0) is 30.8. The number of pyridine rings is 1. The van der Waals surface area contributed by atoms with Gasteiger partial charge in [-0.25, -0.2) is 0 Å². The molecule has 14 rings (SSSR count). The molecule has 0 N–H and O–H groups in total. The second-order valence-corrected chi connectivity index (χ2v) is 15.4. The zero-order valence-corrected chi connectivity index (χ0v) is 26.4. The van der Waals surface area contributed by atoms with Crippen molar-refractivity contribution in [1.82, 2.24) is 0 Å². The molecule has 4 atom stereocenters. The van der Waals surface area contributed by atoms with Crippen molar-refractivity contribution >= 4 is 11.9 Å². The average Bonchev–Trinajstić information content (AvgIpc) is 3.38.